The van der Waals surface area contributed by atoms with Crippen molar-refractivity contribution in [1.29, 1.82) is 0 Å². The van der Waals surface area contributed by atoms with Crippen LogP contribution in [0, 0.1) is 0 Å². The second-order valence-electron chi connectivity index (χ2n) is 8.51. The number of amides is 1. The van der Waals surface area contributed by atoms with Gasteiger partial charge in [0.1, 0.15) is 0 Å². The minimum absolute atomic E-state index is 0.151. The number of carbonyl (C=O) groups is 1. The Hall–Kier alpha value is -3.62. The highest BCUT2D eigenvalue weighted by atomic mass is 16.5. The molecule has 5 rings (SSSR count). The molecular weight excluding hydrogens is 420 g/mol. The van der Waals surface area contributed by atoms with Gasteiger partial charge in [-0.25, -0.2) is 9.67 Å². The lowest BCUT2D eigenvalue weighted by atomic mass is 10.1. The highest BCUT2D eigenvalue weighted by Gasteiger charge is 2.27. The van der Waals surface area contributed by atoms with Crippen molar-refractivity contribution in [2.45, 2.75) is 12.8 Å². The topological polar surface area (TPSA) is 83.8 Å². The molecule has 0 radical (unpaired) electrons. The summed E-state index contributed by atoms with van der Waals surface area (Å²) in [5, 5.41) is 5.55. The van der Waals surface area contributed by atoms with Crippen LogP contribution in [0.5, 0.6) is 5.75 Å². The van der Waals surface area contributed by atoms with E-state index < -0.39 is 0 Å². The molecule has 4 heterocycles. The molecule has 1 amide bonds. The summed E-state index contributed by atoms with van der Waals surface area (Å²) in [6, 6.07) is 9.49. The average Bonchev–Trinajstić information content (AvgIpc) is 3.41. The molecule has 3 aromatic rings. The Kier molecular flexibility index (Phi) is 5.62. The van der Waals surface area contributed by atoms with Gasteiger partial charge in [-0.3, -0.25) is 9.59 Å². The van der Waals surface area contributed by atoms with Crippen molar-refractivity contribution in [3.8, 4) is 5.75 Å². The lowest BCUT2D eigenvalue weighted by molar-refractivity contribution is 0.0740. The summed E-state index contributed by atoms with van der Waals surface area (Å²) in [6.07, 6.45) is 4.06. The monoisotopic (exact) mass is 448 g/mol. The molecule has 0 unspecified atom stereocenters. The summed E-state index contributed by atoms with van der Waals surface area (Å²) < 4.78 is 6.70. The number of benzene rings is 1. The highest BCUT2D eigenvalue weighted by Crippen LogP contribution is 2.28. The van der Waals surface area contributed by atoms with E-state index in [1.165, 1.54) is 4.68 Å². The number of aromatic nitrogens is 3. The normalized spacial score (nSPS) is 16.5. The lowest BCUT2D eigenvalue weighted by Crippen LogP contribution is -2.49. The van der Waals surface area contributed by atoms with Gasteiger partial charge >= 0.3 is 0 Å². The summed E-state index contributed by atoms with van der Waals surface area (Å²) in [7, 11) is 3.23. The zero-order valence-electron chi connectivity index (χ0n) is 19.0. The zero-order valence-corrected chi connectivity index (χ0v) is 19.0. The number of hydrogen-bond donors (Lipinski definition) is 0. The van der Waals surface area contributed by atoms with E-state index in [9.17, 15) is 9.59 Å². The van der Waals surface area contributed by atoms with Crippen LogP contribution in [0.2, 0.25) is 0 Å². The van der Waals surface area contributed by atoms with Crippen LogP contribution in [-0.4, -0.2) is 71.9 Å². The van der Waals surface area contributed by atoms with E-state index in [-0.39, 0.29) is 11.5 Å². The molecule has 0 spiro atoms. The number of anilines is 2. The molecule has 33 heavy (non-hydrogen) atoms. The van der Waals surface area contributed by atoms with Gasteiger partial charge in [-0.1, -0.05) is 0 Å². The van der Waals surface area contributed by atoms with Crippen molar-refractivity contribution >= 4 is 28.2 Å². The van der Waals surface area contributed by atoms with Crippen molar-refractivity contribution in [2.24, 2.45) is 7.05 Å². The van der Waals surface area contributed by atoms with Crippen molar-refractivity contribution < 1.29 is 9.53 Å². The van der Waals surface area contributed by atoms with E-state index in [0.29, 0.717) is 42.6 Å². The van der Waals surface area contributed by atoms with Gasteiger partial charge in [0.05, 0.1) is 12.5 Å². The lowest BCUT2D eigenvalue weighted by Gasteiger charge is -2.35. The Morgan fingerprint density at radius 2 is 1.73 bits per heavy atom. The standard InChI is InChI=1S/C24H28N6O3/c1-27-23(31)18-8-7-17(28-10-3-4-11-28)16-19(18)21(26-27)24(32)30-14-12-29(13-15-30)22-20(33-2)6-5-9-25-22/h5-9,16H,3-4,10-15H2,1-2H3. The van der Waals surface area contributed by atoms with E-state index in [1.807, 2.05) is 30.3 Å². The molecule has 0 saturated carbocycles. The van der Waals surface area contributed by atoms with Crippen LogP contribution in [0.3, 0.4) is 0 Å². The second-order valence-corrected chi connectivity index (χ2v) is 8.51. The second kappa shape index (κ2) is 8.73. The third kappa shape index (κ3) is 3.88. The molecule has 2 aromatic heterocycles. The third-order valence-corrected chi connectivity index (χ3v) is 6.54. The fraction of sp³-hybridized carbons (Fsp3) is 0.417. The predicted octanol–water partition coefficient (Wildman–Crippen LogP) is 1.90. The van der Waals surface area contributed by atoms with Gasteiger partial charge in [-0.2, -0.15) is 5.10 Å². The number of methoxy groups -OCH3 is 1. The number of ether oxygens (including phenoxy) is 1. The number of piperazine rings is 1. The molecule has 1 aromatic carbocycles. The first-order chi connectivity index (χ1) is 16.1. The Morgan fingerprint density at radius 1 is 0.970 bits per heavy atom. The fourth-order valence-corrected chi connectivity index (χ4v) is 4.72. The first-order valence-corrected chi connectivity index (χ1v) is 11.4. The minimum atomic E-state index is -0.193. The molecule has 2 aliphatic heterocycles. The number of nitrogens with zero attached hydrogens (tertiary/aromatic N) is 6. The molecule has 2 aliphatic rings. The SMILES string of the molecule is COc1cccnc1N1CCN(C(=O)c2nn(C)c(=O)c3ccc(N4CCCC4)cc23)CC1. The van der Waals surface area contributed by atoms with Gasteiger partial charge in [0.2, 0.25) is 0 Å². The van der Waals surface area contributed by atoms with E-state index in [4.69, 9.17) is 4.74 Å². The predicted molar refractivity (Wildman–Crippen MR) is 127 cm³/mol. The van der Waals surface area contributed by atoms with Gasteiger partial charge in [0, 0.05) is 63.6 Å². The van der Waals surface area contributed by atoms with Crippen molar-refractivity contribution in [2.75, 3.05) is 56.2 Å². The highest BCUT2D eigenvalue weighted by molar-refractivity contribution is 6.05. The Labute approximate surface area is 192 Å². The van der Waals surface area contributed by atoms with Crippen LogP contribution in [0.4, 0.5) is 11.5 Å². The Balaban J connectivity index is 1.43. The molecule has 0 N–H and O–H groups in total. The van der Waals surface area contributed by atoms with Gasteiger partial charge in [0.15, 0.2) is 17.3 Å². The van der Waals surface area contributed by atoms with Crippen molar-refractivity contribution in [1.82, 2.24) is 19.7 Å². The van der Waals surface area contributed by atoms with Gasteiger partial charge < -0.3 is 19.4 Å². The van der Waals surface area contributed by atoms with E-state index in [1.54, 1.807) is 25.3 Å². The zero-order chi connectivity index (χ0) is 22.9. The Bertz CT molecular complexity index is 1240. The van der Waals surface area contributed by atoms with Gasteiger partial charge in [-0.15, -0.1) is 0 Å². The summed E-state index contributed by atoms with van der Waals surface area (Å²) in [4.78, 5) is 36.9. The molecule has 0 bridgehead atoms. The summed E-state index contributed by atoms with van der Waals surface area (Å²) >= 11 is 0. The van der Waals surface area contributed by atoms with E-state index in [2.05, 4.69) is 19.9 Å². The number of aryl methyl sites for hydroxylation is 1. The third-order valence-electron chi connectivity index (χ3n) is 6.54. The van der Waals surface area contributed by atoms with Crippen LogP contribution in [-0.2, 0) is 7.05 Å². The summed E-state index contributed by atoms with van der Waals surface area (Å²) in [5.74, 6) is 1.35. The van der Waals surface area contributed by atoms with E-state index in [0.717, 1.165) is 43.2 Å². The molecule has 2 fully saturated rings. The first kappa shape index (κ1) is 21.2. The first-order valence-electron chi connectivity index (χ1n) is 11.4. The van der Waals surface area contributed by atoms with Crippen LogP contribution in [0.15, 0.2) is 41.3 Å². The van der Waals surface area contributed by atoms with Gasteiger partial charge in [-0.05, 0) is 43.2 Å². The number of fused-ring (bicyclic) bond motifs is 1. The molecule has 2 saturated heterocycles. The molecule has 0 atom stereocenters. The van der Waals surface area contributed by atoms with Crippen LogP contribution >= 0.6 is 0 Å². The Morgan fingerprint density at radius 3 is 2.45 bits per heavy atom. The average molecular weight is 449 g/mol. The van der Waals surface area contributed by atoms with Crippen molar-refractivity contribution in [3.63, 3.8) is 0 Å². The largest absolute Gasteiger partial charge is 0.493 e. The van der Waals surface area contributed by atoms with Crippen LogP contribution in [0.25, 0.3) is 10.8 Å². The summed E-state index contributed by atoms with van der Waals surface area (Å²) in [6.45, 7) is 4.34. The number of pyridine rings is 1. The molecule has 9 nitrogen and oxygen atoms in total. The quantitative estimate of drug-likeness (QED) is 0.603. The van der Waals surface area contributed by atoms with Crippen molar-refractivity contribution in [3.05, 3.63) is 52.6 Å². The fourth-order valence-electron chi connectivity index (χ4n) is 4.72. The van der Waals surface area contributed by atoms with Gasteiger partial charge in [0.25, 0.3) is 11.5 Å². The smallest absolute Gasteiger partial charge is 0.275 e. The van der Waals surface area contributed by atoms with Crippen LogP contribution in [0.1, 0.15) is 23.3 Å². The number of rotatable bonds is 4. The molecule has 0 aliphatic carbocycles. The number of carbonyl (C=O) groups excluding carboxylic acids is 1. The summed E-state index contributed by atoms with van der Waals surface area (Å²) in [5.41, 5.74) is 1.18. The maximum absolute atomic E-state index is 13.6. The molecule has 9 heteroatoms. The minimum Gasteiger partial charge on any atom is -0.493 e. The maximum atomic E-state index is 13.6. The van der Waals surface area contributed by atoms with Crippen LogP contribution < -0.4 is 20.1 Å². The molecular formula is C24H28N6O3. The van der Waals surface area contributed by atoms with E-state index >= 15 is 0 Å². The molecule has 172 valence electrons. The number of hydrogen-bond acceptors (Lipinski definition) is 7. The maximum Gasteiger partial charge on any atom is 0.275 e.